The first kappa shape index (κ1) is 15.9. The first-order valence-corrected chi connectivity index (χ1v) is 8.77. The Bertz CT molecular complexity index is 1050. The van der Waals surface area contributed by atoms with Crippen molar-refractivity contribution in [3.05, 3.63) is 94.3 Å². The van der Waals surface area contributed by atoms with Gasteiger partial charge >= 0.3 is 0 Å². The second-order valence-electron chi connectivity index (χ2n) is 6.51. The molecule has 0 aliphatic carbocycles. The van der Waals surface area contributed by atoms with Crippen molar-refractivity contribution in [3.63, 3.8) is 0 Å². The van der Waals surface area contributed by atoms with E-state index in [1.54, 1.807) is 0 Å². The Kier molecular flexibility index (Phi) is 4.06. The molecule has 0 unspecified atom stereocenters. The maximum Gasteiger partial charge on any atom is 0.137 e. The summed E-state index contributed by atoms with van der Waals surface area (Å²) in [5.74, 6) is 0. The van der Waals surface area contributed by atoms with Gasteiger partial charge in [0.2, 0.25) is 0 Å². The van der Waals surface area contributed by atoms with E-state index in [2.05, 4.69) is 66.9 Å². The van der Waals surface area contributed by atoms with E-state index in [-0.39, 0.29) is 0 Å². The quantitative estimate of drug-likeness (QED) is 0.454. The van der Waals surface area contributed by atoms with Crippen molar-refractivity contribution in [3.8, 4) is 11.3 Å². The molecule has 3 heteroatoms. The Hall–Kier alpha value is -2.58. The number of aromatic nitrogens is 2. The normalized spacial score (nSPS) is 11.2. The fraction of sp³-hybridized carbons (Fsp3) is 0.136. The average Bonchev–Trinajstić information content (AvgIpc) is 2.93. The van der Waals surface area contributed by atoms with Gasteiger partial charge in [-0.1, -0.05) is 59.6 Å². The van der Waals surface area contributed by atoms with E-state index < -0.39 is 0 Å². The molecule has 2 nitrogen and oxygen atoms in total. The van der Waals surface area contributed by atoms with Crippen LogP contribution in [0.1, 0.15) is 22.4 Å². The van der Waals surface area contributed by atoms with Crippen LogP contribution in [0.5, 0.6) is 0 Å². The van der Waals surface area contributed by atoms with Gasteiger partial charge in [0.15, 0.2) is 0 Å². The summed E-state index contributed by atoms with van der Waals surface area (Å²) in [6, 6.07) is 20.8. The fourth-order valence-electron chi connectivity index (χ4n) is 3.15. The van der Waals surface area contributed by atoms with Gasteiger partial charge in [0.1, 0.15) is 5.65 Å². The average molecular weight is 347 g/mol. The van der Waals surface area contributed by atoms with Crippen molar-refractivity contribution in [2.45, 2.75) is 20.3 Å². The van der Waals surface area contributed by atoms with Crippen molar-refractivity contribution in [1.29, 1.82) is 0 Å². The lowest BCUT2D eigenvalue weighted by Gasteiger charge is -2.07. The maximum atomic E-state index is 6.18. The lowest BCUT2D eigenvalue weighted by molar-refractivity contribution is 1.02. The van der Waals surface area contributed by atoms with Crippen LogP contribution >= 0.6 is 11.6 Å². The summed E-state index contributed by atoms with van der Waals surface area (Å²) >= 11 is 6.18. The summed E-state index contributed by atoms with van der Waals surface area (Å²) in [5.41, 5.74) is 7.98. The molecular formula is C22H19ClN2. The van der Waals surface area contributed by atoms with E-state index in [0.29, 0.717) is 0 Å². The van der Waals surface area contributed by atoms with Crippen molar-refractivity contribution in [2.75, 3.05) is 0 Å². The highest BCUT2D eigenvalue weighted by Crippen LogP contribution is 2.28. The van der Waals surface area contributed by atoms with Gasteiger partial charge in [-0.05, 0) is 43.2 Å². The maximum absolute atomic E-state index is 6.18. The molecule has 0 atom stereocenters. The van der Waals surface area contributed by atoms with E-state index >= 15 is 0 Å². The number of halogens is 1. The van der Waals surface area contributed by atoms with Crippen molar-refractivity contribution in [1.82, 2.24) is 9.38 Å². The zero-order valence-corrected chi connectivity index (χ0v) is 15.1. The van der Waals surface area contributed by atoms with E-state index in [0.717, 1.165) is 28.3 Å². The van der Waals surface area contributed by atoms with E-state index in [1.807, 2.05) is 18.2 Å². The van der Waals surface area contributed by atoms with Crippen molar-refractivity contribution < 1.29 is 0 Å². The fourth-order valence-corrected chi connectivity index (χ4v) is 3.36. The molecule has 0 aliphatic rings. The molecule has 2 aromatic heterocycles. The third-order valence-electron chi connectivity index (χ3n) is 4.45. The zero-order valence-electron chi connectivity index (χ0n) is 14.3. The Morgan fingerprint density at radius 3 is 2.44 bits per heavy atom. The highest BCUT2D eigenvalue weighted by atomic mass is 35.5. The van der Waals surface area contributed by atoms with Gasteiger partial charge in [0.25, 0.3) is 0 Å². The highest BCUT2D eigenvalue weighted by Gasteiger charge is 2.15. The third kappa shape index (κ3) is 3.18. The molecule has 25 heavy (non-hydrogen) atoms. The molecule has 0 fully saturated rings. The van der Waals surface area contributed by atoms with Crippen LogP contribution in [0.15, 0.2) is 66.9 Å². The van der Waals surface area contributed by atoms with Crippen LogP contribution in [0.2, 0.25) is 5.02 Å². The molecule has 0 N–H and O–H groups in total. The summed E-state index contributed by atoms with van der Waals surface area (Å²) in [4.78, 5) is 4.90. The molecule has 0 radical (unpaired) electrons. The van der Waals surface area contributed by atoms with E-state index in [1.165, 1.54) is 22.4 Å². The lowest BCUT2D eigenvalue weighted by Crippen LogP contribution is -1.97. The Morgan fingerprint density at radius 2 is 1.68 bits per heavy atom. The van der Waals surface area contributed by atoms with Gasteiger partial charge < -0.3 is 4.40 Å². The minimum absolute atomic E-state index is 0.763. The molecule has 2 aromatic carbocycles. The second kappa shape index (κ2) is 6.38. The molecule has 4 aromatic rings. The Labute approximate surface area is 152 Å². The molecule has 0 bridgehead atoms. The molecule has 0 spiro atoms. The minimum Gasteiger partial charge on any atom is -0.303 e. The van der Waals surface area contributed by atoms with Crippen LogP contribution in [0.4, 0.5) is 0 Å². The Balaban J connectivity index is 1.91. The van der Waals surface area contributed by atoms with Gasteiger partial charge in [-0.3, -0.25) is 0 Å². The van der Waals surface area contributed by atoms with Gasteiger partial charge in [0.05, 0.1) is 11.4 Å². The summed E-state index contributed by atoms with van der Waals surface area (Å²) in [6.45, 7) is 4.21. The predicted octanol–water partition coefficient (Wildman–Crippen LogP) is 5.86. The van der Waals surface area contributed by atoms with Gasteiger partial charge in [-0.15, -0.1) is 0 Å². The predicted molar refractivity (Wildman–Crippen MR) is 104 cm³/mol. The van der Waals surface area contributed by atoms with Crippen LogP contribution < -0.4 is 0 Å². The number of fused-ring (bicyclic) bond motifs is 1. The van der Waals surface area contributed by atoms with Crippen molar-refractivity contribution >= 4 is 17.2 Å². The van der Waals surface area contributed by atoms with Crippen LogP contribution in [0.25, 0.3) is 16.9 Å². The standard InChI is InChI=1S/C22H19ClN2/c1-15-6-9-18(10-7-15)22-20(13-17-4-3-5-19(23)12-17)25-14-16(2)8-11-21(25)24-22/h3-12,14H,13H2,1-2H3. The Morgan fingerprint density at radius 1 is 0.920 bits per heavy atom. The number of hydrogen-bond donors (Lipinski definition) is 0. The molecule has 0 saturated heterocycles. The smallest absolute Gasteiger partial charge is 0.137 e. The van der Waals surface area contributed by atoms with E-state index in [9.17, 15) is 0 Å². The third-order valence-corrected chi connectivity index (χ3v) is 4.69. The number of aryl methyl sites for hydroxylation is 2. The first-order chi connectivity index (χ1) is 12.1. The molecule has 124 valence electrons. The molecule has 0 saturated carbocycles. The van der Waals surface area contributed by atoms with Crippen LogP contribution in [0.3, 0.4) is 0 Å². The summed E-state index contributed by atoms with van der Waals surface area (Å²) in [6.07, 6.45) is 2.94. The monoisotopic (exact) mass is 346 g/mol. The first-order valence-electron chi connectivity index (χ1n) is 8.39. The number of pyridine rings is 1. The van der Waals surface area contributed by atoms with Crippen LogP contribution in [0, 0.1) is 13.8 Å². The number of hydrogen-bond acceptors (Lipinski definition) is 1. The van der Waals surface area contributed by atoms with E-state index in [4.69, 9.17) is 16.6 Å². The van der Waals surface area contributed by atoms with Crippen LogP contribution in [-0.2, 0) is 6.42 Å². The zero-order chi connectivity index (χ0) is 17.4. The van der Waals surface area contributed by atoms with Gasteiger partial charge in [-0.2, -0.15) is 0 Å². The topological polar surface area (TPSA) is 17.3 Å². The van der Waals surface area contributed by atoms with Crippen molar-refractivity contribution in [2.24, 2.45) is 0 Å². The second-order valence-corrected chi connectivity index (χ2v) is 6.95. The number of imidazole rings is 1. The van der Waals surface area contributed by atoms with Crippen LogP contribution in [-0.4, -0.2) is 9.38 Å². The number of rotatable bonds is 3. The molecular weight excluding hydrogens is 328 g/mol. The number of nitrogens with zero attached hydrogens (tertiary/aromatic N) is 2. The molecule has 0 aliphatic heterocycles. The summed E-state index contributed by atoms with van der Waals surface area (Å²) in [7, 11) is 0. The lowest BCUT2D eigenvalue weighted by atomic mass is 10.0. The summed E-state index contributed by atoms with van der Waals surface area (Å²) in [5, 5.41) is 0.763. The largest absolute Gasteiger partial charge is 0.303 e. The SMILES string of the molecule is Cc1ccc(-c2nc3ccc(C)cn3c2Cc2cccc(Cl)c2)cc1. The van der Waals surface area contributed by atoms with Gasteiger partial charge in [-0.25, -0.2) is 4.98 Å². The molecule has 2 heterocycles. The highest BCUT2D eigenvalue weighted by molar-refractivity contribution is 6.30. The van der Waals surface area contributed by atoms with Gasteiger partial charge in [0, 0.05) is 23.2 Å². The molecule has 4 rings (SSSR count). The molecule has 0 amide bonds. The minimum atomic E-state index is 0.763. The number of benzene rings is 2. The summed E-state index contributed by atoms with van der Waals surface area (Å²) < 4.78 is 2.20.